The summed E-state index contributed by atoms with van der Waals surface area (Å²) in [5, 5.41) is 13.0. The Morgan fingerprint density at radius 3 is 2.79 bits per heavy atom. The molecule has 3 rings (SSSR count). The normalized spacial score (nSPS) is 19.8. The smallest absolute Gasteiger partial charge is 0.410 e. The molecule has 2 unspecified atom stereocenters. The quantitative estimate of drug-likeness (QED) is 0.724. The first-order valence-electron chi connectivity index (χ1n) is 9.57. The van der Waals surface area contributed by atoms with Gasteiger partial charge in [0.05, 0.1) is 23.7 Å². The Kier molecular flexibility index (Phi) is 5.88. The number of para-hydroxylation sites is 2. The van der Waals surface area contributed by atoms with Crippen LogP contribution in [0.3, 0.4) is 0 Å². The lowest BCUT2D eigenvalue weighted by molar-refractivity contribution is -0.121. The topological polar surface area (TPSA) is 108 Å². The molecule has 2 amide bonds. The van der Waals surface area contributed by atoms with Gasteiger partial charge in [0.2, 0.25) is 5.91 Å². The van der Waals surface area contributed by atoms with Crippen LogP contribution in [0, 0.1) is 5.92 Å². The number of rotatable bonds is 5. The summed E-state index contributed by atoms with van der Waals surface area (Å²) in [6.45, 7) is 6.30. The van der Waals surface area contributed by atoms with E-state index in [1.54, 1.807) is 20.8 Å². The summed E-state index contributed by atoms with van der Waals surface area (Å²) in [6, 6.07) is 7.73. The number of nitrogens with one attached hydrogen (secondary N) is 2. The van der Waals surface area contributed by atoms with Crippen LogP contribution in [0.2, 0.25) is 0 Å². The molecule has 1 aliphatic heterocycles. The average Bonchev–Trinajstić information content (AvgIpc) is 3.19. The Balaban J connectivity index is 1.43. The molecule has 2 aromatic rings. The van der Waals surface area contributed by atoms with Gasteiger partial charge >= 0.3 is 6.09 Å². The van der Waals surface area contributed by atoms with Gasteiger partial charge in [-0.25, -0.2) is 9.78 Å². The molecule has 152 valence electrons. The van der Waals surface area contributed by atoms with Crippen molar-refractivity contribution in [1.82, 2.24) is 20.2 Å². The lowest BCUT2D eigenvalue weighted by Crippen LogP contribution is -2.36. The van der Waals surface area contributed by atoms with Crippen molar-refractivity contribution < 1.29 is 19.4 Å². The number of carbonyl (C=O) groups is 2. The molecular formula is C20H28N4O4. The van der Waals surface area contributed by atoms with Crippen LogP contribution < -0.4 is 5.32 Å². The number of aliphatic hydroxyl groups excluding tert-OH is 1. The van der Waals surface area contributed by atoms with E-state index in [2.05, 4.69) is 15.3 Å². The average molecular weight is 388 g/mol. The molecule has 0 saturated carbocycles. The molecule has 2 atom stereocenters. The van der Waals surface area contributed by atoms with Gasteiger partial charge in [0, 0.05) is 31.8 Å². The van der Waals surface area contributed by atoms with E-state index in [0.29, 0.717) is 25.9 Å². The third kappa shape index (κ3) is 5.22. The van der Waals surface area contributed by atoms with Crippen molar-refractivity contribution in [2.75, 3.05) is 19.6 Å². The molecule has 8 heteroatoms. The number of benzene rings is 1. The first-order valence-corrected chi connectivity index (χ1v) is 9.57. The van der Waals surface area contributed by atoms with Gasteiger partial charge in [0.15, 0.2) is 0 Å². The van der Waals surface area contributed by atoms with Gasteiger partial charge in [0.1, 0.15) is 11.4 Å². The third-order valence-corrected chi connectivity index (χ3v) is 4.65. The molecule has 0 spiro atoms. The number of likely N-dealkylation sites (tertiary alicyclic amines) is 1. The highest BCUT2D eigenvalue weighted by Gasteiger charge is 2.36. The number of ether oxygens (including phenoxy) is 1. The number of H-pyrrole nitrogens is 1. The number of aromatic amines is 1. The molecule has 1 aliphatic rings. The standard InChI is InChI=1S/C20H28N4O4/c1-20(2,3)28-19(27)24-11-13(16(25)12-24)10-21-18(26)9-8-17-22-14-6-4-5-7-15(14)23-17/h4-7,13,16,25H,8-12H2,1-3H3,(H,21,26)(H,22,23). The second kappa shape index (κ2) is 8.18. The summed E-state index contributed by atoms with van der Waals surface area (Å²) in [7, 11) is 0. The Morgan fingerprint density at radius 2 is 2.07 bits per heavy atom. The van der Waals surface area contributed by atoms with Crippen LogP contribution in [0.5, 0.6) is 0 Å². The maximum Gasteiger partial charge on any atom is 0.410 e. The number of fused-ring (bicyclic) bond motifs is 1. The van der Waals surface area contributed by atoms with Gasteiger partial charge in [-0.15, -0.1) is 0 Å². The molecular weight excluding hydrogens is 360 g/mol. The highest BCUT2D eigenvalue weighted by atomic mass is 16.6. The molecule has 1 fully saturated rings. The molecule has 0 aliphatic carbocycles. The van der Waals surface area contributed by atoms with E-state index in [-0.39, 0.29) is 18.4 Å². The van der Waals surface area contributed by atoms with E-state index >= 15 is 0 Å². The van der Waals surface area contributed by atoms with E-state index in [0.717, 1.165) is 16.9 Å². The monoisotopic (exact) mass is 388 g/mol. The Hall–Kier alpha value is -2.61. The van der Waals surface area contributed by atoms with Crippen LogP contribution in [0.4, 0.5) is 4.79 Å². The highest BCUT2D eigenvalue weighted by molar-refractivity contribution is 5.77. The summed E-state index contributed by atoms with van der Waals surface area (Å²) in [5.74, 6) is 0.458. The summed E-state index contributed by atoms with van der Waals surface area (Å²) in [6.07, 6.45) is -0.302. The molecule has 0 bridgehead atoms. The van der Waals surface area contributed by atoms with Gasteiger partial charge < -0.3 is 25.0 Å². The van der Waals surface area contributed by atoms with Gasteiger partial charge in [-0.1, -0.05) is 12.1 Å². The van der Waals surface area contributed by atoms with Crippen LogP contribution >= 0.6 is 0 Å². The number of carbonyl (C=O) groups excluding carboxylic acids is 2. The number of β-amino-alcohol motifs (C(OH)–C–C–N with tert-alkyl or cyclic N) is 1. The Bertz CT molecular complexity index is 809. The zero-order valence-corrected chi connectivity index (χ0v) is 16.6. The van der Waals surface area contributed by atoms with Gasteiger partial charge in [-0.2, -0.15) is 0 Å². The fourth-order valence-electron chi connectivity index (χ4n) is 3.22. The molecule has 1 saturated heterocycles. The minimum atomic E-state index is -0.678. The molecule has 8 nitrogen and oxygen atoms in total. The zero-order chi connectivity index (χ0) is 20.3. The van der Waals surface area contributed by atoms with Crippen molar-refractivity contribution in [3.05, 3.63) is 30.1 Å². The van der Waals surface area contributed by atoms with E-state index in [1.165, 1.54) is 4.90 Å². The predicted molar refractivity (Wildman–Crippen MR) is 105 cm³/mol. The van der Waals surface area contributed by atoms with Crippen LogP contribution in [0.1, 0.15) is 33.0 Å². The second-order valence-corrected chi connectivity index (χ2v) is 8.22. The van der Waals surface area contributed by atoms with Gasteiger partial charge in [-0.05, 0) is 32.9 Å². The zero-order valence-electron chi connectivity index (χ0n) is 16.6. The van der Waals surface area contributed by atoms with Crippen LogP contribution in [0.15, 0.2) is 24.3 Å². The summed E-state index contributed by atoms with van der Waals surface area (Å²) in [4.78, 5) is 33.4. The maximum absolute atomic E-state index is 12.2. The number of aliphatic hydroxyl groups is 1. The van der Waals surface area contributed by atoms with Gasteiger partial charge in [0.25, 0.3) is 0 Å². The van der Waals surface area contributed by atoms with E-state index < -0.39 is 17.8 Å². The number of aromatic nitrogens is 2. The summed E-state index contributed by atoms with van der Waals surface area (Å²) < 4.78 is 5.33. The second-order valence-electron chi connectivity index (χ2n) is 8.22. The first-order chi connectivity index (χ1) is 13.2. The minimum Gasteiger partial charge on any atom is -0.444 e. The fraction of sp³-hybridized carbons (Fsp3) is 0.550. The van der Waals surface area contributed by atoms with Crippen LogP contribution in [-0.4, -0.2) is 63.3 Å². The van der Waals surface area contributed by atoms with Crippen molar-refractivity contribution in [1.29, 1.82) is 0 Å². The van der Waals surface area contributed by atoms with Crippen molar-refractivity contribution in [2.45, 2.75) is 45.3 Å². The summed E-state index contributed by atoms with van der Waals surface area (Å²) in [5.41, 5.74) is 1.26. The van der Waals surface area contributed by atoms with E-state index in [1.807, 2.05) is 24.3 Å². The van der Waals surface area contributed by atoms with Crippen molar-refractivity contribution in [3.63, 3.8) is 0 Å². The third-order valence-electron chi connectivity index (χ3n) is 4.65. The van der Waals surface area contributed by atoms with Crippen LogP contribution in [-0.2, 0) is 16.0 Å². The van der Waals surface area contributed by atoms with Crippen molar-refractivity contribution in [2.24, 2.45) is 5.92 Å². The van der Waals surface area contributed by atoms with Crippen molar-refractivity contribution >= 4 is 23.0 Å². The summed E-state index contributed by atoms with van der Waals surface area (Å²) >= 11 is 0. The molecule has 0 radical (unpaired) electrons. The molecule has 2 heterocycles. The highest BCUT2D eigenvalue weighted by Crippen LogP contribution is 2.19. The Labute approximate surface area is 164 Å². The predicted octanol–water partition coefficient (Wildman–Crippen LogP) is 1.84. The van der Waals surface area contributed by atoms with Crippen LogP contribution in [0.25, 0.3) is 11.0 Å². The minimum absolute atomic E-state index is 0.108. The molecule has 1 aromatic carbocycles. The lowest BCUT2D eigenvalue weighted by Gasteiger charge is -2.24. The fourth-order valence-corrected chi connectivity index (χ4v) is 3.22. The van der Waals surface area contributed by atoms with E-state index in [4.69, 9.17) is 4.74 Å². The number of amides is 2. The Morgan fingerprint density at radius 1 is 1.32 bits per heavy atom. The number of hydrogen-bond donors (Lipinski definition) is 3. The first kappa shape index (κ1) is 20.1. The SMILES string of the molecule is CC(C)(C)OC(=O)N1CC(O)C(CNC(=O)CCc2nc3ccccc3[nH]2)C1. The number of aryl methyl sites for hydroxylation is 1. The van der Waals surface area contributed by atoms with Gasteiger partial charge in [-0.3, -0.25) is 4.79 Å². The molecule has 1 aromatic heterocycles. The molecule has 3 N–H and O–H groups in total. The number of hydrogen-bond acceptors (Lipinski definition) is 5. The lowest BCUT2D eigenvalue weighted by atomic mass is 10.1. The largest absolute Gasteiger partial charge is 0.444 e. The van der Waals surface area contributed by atoms with E-state index in [9.17, 15) is 14.7 Å². The van der Waals surface area contributed by atoms with Crippen molar-refractivity contribution in [3.8, 4) is 0 Å². The number of imidazole rings is 1. The number of nitrogens with zero attached hydrogens (tertiary/aromatic N) is 2. The molecule has 28 heavy (non-hydrogen) atoms. The maximum atomic E-state index is 12.2.